The fourth-order valence-electron chi connectivity index (χ4n) is 2.66. The van der Waals surface area contributed by atoms with Crippen LogP contribution in [-0.2, 0) is 9.53 Å². The van der Waals surface area contributed by atoms with E-state index in [1.807, 2.05) is 29.2 Å². The Bertz CT molecular complexity index is 460. The summed E-state index contributed by atoms with van der Waals surface area (Å²) < 4.78 is 15.9. The van der Waals surface area contributed by atoms with E-state index in [9.17, 15) is 4.79 Å². The van der Waals surface area contributed by atoms with Crippen molar-refractivity contribution in [1.82, 2.24) is 4.90 Å². The van der Waals surface area contributed by atoms with Crippen LogP contribution in [0.25, 0.3) is 0 Å². The number of hydrogen-bond donors (Lipinski definition) is 0. The van der Waals surface area contributed by atoms with Gasteiger partial charge in [-0.25, -0.2) is 0 Å². The van der Waals surface area contributed by atoms with Crippen LogP contribution in [0, 0.1) is 5.92 Å². The van der Waals surface area contributed by atoms with Gasteiger partial charge in [0, 0.05) is 26.1 Å². The van der Waals surface area contributed by atoms with Crippen LogP contribution in [0.5, 0.6) is 11.5 Å². The molecule has 0 aromatic heterocycles. The molecule has 0 spiro atoms. The van der Waals surface area contributed by atoms with E-state index >= 15 is 0 Å². The number of ether oxygens (including phenoxy) is 3. The summed E-state index contributed by atoms with van der Waals surface area (Å²) in [6.45, 7) is 2.75. The van der Waals surface area contributed by atoms with Crippen LogP contribution in [0.1, 0.15) is 19.3 Å². The first kappa shape index (κ1) is 16.6. The second-order valence-corrected chi connectivity index (χ2v) is 5.58. The topological polar surface area (TPSA) is 48.0 Å². The monoisotopic (exact) mass is 307 g/mol. The van der Waals surface area contributed by atoms with Crippen molar-refractivity contribution in [3.63, 3.8) is 0 Å². The van der Waals surface area contributed by atoms with Gasteiger partial charge in [0.25, 0.3) is 0 Å². The number of piperidine rings is 1. The molecule has 1 aromatic rings. The van der Waals surface area contributed by atoms with Gasteiger partial charge in [0.05, 0.1) is 26.7 Å². The van der Waals surface area contributed by atoms with Crippen LogP contribution >= 0.6 is 0 Å². The average Bonchev–Trinajstić information content (AvgIpc) is 2.58. The van der Waals surface area contributed by atoms with E-state index in [1.54, 1.807) is 14.2 Å². The first-order chi connectivity index (χ1) is 10.7. The minimum atomic E-state index is 0.177. The Labute approximate surface area is 132 Å². The van der Waals surface area contributed by atoms with Crippen molar-refractivity contribution in [3.05, 3.63) is 24.3 Å². The van der Waals surface area contributed by atoms with Gasteiger partial charge < -0.3 is 19.1 Å². The van der Waals surface area contributed by atoms with Gasteiger partial charge in [-0.2, -0.15) is 0 Å². The van der Waals surface area contributed by atoms with Crippen molar-refractivity contribution in [3.8, 4) is 11.5 Å². The van der Waals surface area contributed by atoms with Gasteiger partial charge in [-0.3, -0.25) is 4.79 Å². The van der Waals surface area contributed by atoms with Crippen LogP contribution in [0.3, 0.4) is 0 Å². The summed E-state index contributed by atoms with van der Waals surface area (Å²) in [4.78, 5) is 14.0. The van der Waals surface area contributed by atoms with Crippen LogP contribution in [-0.4, -0.2) is 51.3 Å². The molecule has 0 bridgehead atoms. The molecule has 122 valence electrons. The third-order valence-electron chi connectivity index (χ3n) is 3.94. The lowest BCUT2D eigenvalue weighted by Crippen LogP contribution is -2.41. The second-order valence-electron chi connectivity index (χ2n) is 5.58. The Balaban J connectivity index is 1.78. The molecule has 1 aromatic carbocycles. The van der Waals surface area contributed by atoms with Crippen LogP contribution in [0.4, 0.5) is 0 Å². The number of amides is 1. The Morgan fingerprint density at radius 1 is 1.23 bits per heavy atom. The SMILES string of the molecule is COCCC(=O)N1CCC[C@H](COc2ccc(OC)cc2)C1. The number of rotatable bonds is 7. The largest absolute Gasteiger partial charge is 0.497 e. The summed E-state index contributed by atoms with van der Waals surface area (Å²) >= 11 is 0. The minimum absolute atomic E-state index is 0.177. The zero-order valence-corrected chi connectivity index (χ0v) is 13.4. The molecule has 1 amide bonds. The number of hydrogen-bond acceptors (Lipinski definition) is 4. The summed E-state index contributed by atoms with van der Waals surface area (Å²) in [6.07, 6.45) is 2.60. The highest BCUT2D eigenvalue weighted by atomic mass is 16.5. The molecule has 5 nitrogen and oxygen atoms in total. The van der Waals surface area contributed by atoms with E-state index in [-0.39, 0.29) is 5.91 Å². The van der Waals surface area contributed by atoms with E-state index in [0.29, 0.717) is 25.6 Å². The van der Waals surface area contributed by atoms with Gasteiger partial charge in [0.1, 0.15) is 11.5 Å². The maximum atomic E-state index is 12.0. The highest BCUT2D eigenvalue weighted by Crippen LogP contribution is 2.21. The second kappa shape index (κ2) is 8.63. The molecule has 0 saturated carbocycles. The molecule has 1 heterocycles. The molecule has 1 fully saturated rings. The molecule has 1 saturated heterocycles. The summed E-state index contributed by atoms with van der Waals surface area (Å²) in [5, 5.41) is 0. The van der Waals surface area contributed by atoms with Crippen LogP contribution in [0.2, 0.25) is 0 Å². The van der Waals surface area contributed by atoms with E-state index < -0.39 is 0 Å². The number of benzene rings is 1. The summed E-state index contributed by atoms with van der Waals surface area (Å²) in [6, 6.07) is 7.58. The van der Waals surface area contributed by atoms with E-state index in [2.05, 4.69) is 0 Å². The lowest BCUT2D eigenvalue weighted by atomic mass is 9.98. The number of carbonyl (C=O) groups is 1. The zero-order valence-electron chi connectivity index (χ0n) is 13.4. The average molecular weight is 307 g/mol. The predicted octanol–water partition coefficient (Wildman–Crippen LogP) is 2.35. The van der Waals surface area contributed by atoms with E-state index in [1.165, 1.54) is 0 Å². The van der Waals surface area contributed by atoms with Crippen molar-refractivity contribution in [1.29, 1.82) is 0 Å². The fourth-order valence-corrected chi connectivity index (χ4v) is 2.66. The first-order valence-electron chi connectivity index (χ1n) is 7.76. The molecule has 1 atom stereocenters. The molecule has 1 aliphatic rings. The number of likely N-dealkylation sites (tertiary alicyclic amines) is 1. The number of carbonyl (C=O) groups excluding carboxylic acids is 1. The molecule has 1 aliphatic heterocycles. The Kier molecular flexibility index (Phi) is 6.52. The summed E-state index contributed by atoms with van der Waals surface area (Å²) in [5.41, 5.74) is 0. The van der Waals surface area contributed by atoms with Gasteiger partial charge >= 0.3 is 0 Å². The van der Waals surface area contributed by atoms with Gasteiger partial charge in [-0.15, -0.1) is 0 Å². The first-order valence-corrected chi connectivity index (χ1v) is 7.76. The van der Waals surface area contributed by atoms with Gasteiger partial charge in [-0.1, -0.05) is 0 Å². The summed E-state index contributed by atoms with van der Waals surface area (Å²) in [7, 11) is 3.27. The van der Waals surface area contributed by atoms with Crippen molar-refractivity contribution in [2.75, 3.05) is 40.5 Å². The maximum Gasteiger partial charge on any atom is 0.224 e. The lowest BCUT2D eigenvalue weighted by molar-refractivity contribution is -0.134. The Morgan fingerprint density at radius 2 is 1.95 bits per heavy atom. The highest BCUT2D eigenvalue weighted by molar-refractivity contribution is 5.76. The molecule has 0 radical (unpaired) electrons. The Morgan fingerprint density at radius 3 is 2.64 bits per heavy atom. The molecule has 22 heavy (non-hydrogen) atoms. The lowest BCUT2D eigenvalue weighted by Gasteiger charge is -2.32. The number of methoxy groups -OCH3 is 2. The molecule has 0 N–H and O–H groups in total. The zero-order chi connectivity index (χ0) is 15.8. The third kappa shape index (κ3) is 4.91. The smallest absolute Gasteiger partial charge is 0.224 e. The van der Waals surface area contributed by atoms with Crippen molar-refractivity contribution >= 4 is 5.91 Å². The van der Waals surface area contributed by atoms with Gasteiger partial charge in [0.15, 0.2) is 0 Å². The predicted molar refractivity (Wildman–Crippen MR) is 84.3 cm³/mol. The van der Waals surface area contributed by atoms with E-state index in [4.69, 9.17) is 14.2 Å². The van der Waals surface area contributed by atoms with Gasteiger partial charge in [0.2, 0.25) is 5.91 Å². The molecular weight excluding hydrogens is 282 g/mol. The number of nitrogens with zero attached hydrogens (tertiary/aromatic N) is 1. The van der Waals surface area contributed by atoms with Crippen LogP contribution < -0.4 is 9.47 Å². The Hall–Kier alpha value is -1.75. The maximum absolute atomic E-state index is 12.0. The third-order valence-corrected chi connectivity index (χ3v) is 3.94. The highest BCUT2D eigenvalue weighted by Gasteiger charge is 2.23. The van der Waals surface area contributed by atoms with Gasteiger partial charge in [-0.05, 0) is 37.1 Å². The standard InChI is InChI=1S/C17H25NO4/c1-20-11-9-17(19)18-10-3-4-14(12-18)13-22-16-7-5-15(21-2)6-8-16/h5-8,14H,3-4,9-13H2,1-2H3/t14-/m0/s1. The quantitative estimate of drug-likeness (QED) is 0.776. The molecule has 5 heteroatoms. The van der Waals surface area contributed by atoms with Crippen molar-refractivity contribution < 1.29 is 19.0 Å². The van der Waals surface area contributed by atoms with Crippen molar-refractivity contribution in [2.24, 2.45) is 5.92 Å². The fraction of sp³-hybridized carbons (Fsp3) is 0.588. The van der Waals surface area contributed by atoms with E-state index in [0.717, 1.165) is 37.4 Å². The molecule has 0 aliphatic carbocycles. The minimum Gasteiger partial charge on any atom is -0.497 e. The molecular formula is C17H25NO4. The molecule has 2 rings (SSSR count). The summed E-state index contributed by atoms with van der Waals surface area (Å²) in [5.74, 6) is 2.22. The van der Waals surface area contributed by atoms with Crippen LogP contribution in [0.15, 0.2) is 24.3 Å². The molecule has 0 unspecified atom stereocenters. The normalized spacial score (nSPS) is 18.1. The van der Waals surface area contributed by atoms with Crippen molar-refractivity contribution in [2.45, 2.75) is 19.3 Å².